The number of rotatable bonds is 2. The van der Waals surface area contributed by atoms with E-state index in [9.17, 15) is 0 Å². The predicted molar refractivity (Wildman–Crippen MR) is 14.4 cm³/mol. The Morgan fingerprint density at radius 2 is 2.20 bits per heavy atom. The fourth-order valence-corrected chi connectivity index (χ4v) is 0.0304. The summed E-state index contributed by atoms with van der Waals surface area (Å²) in [5, 5.41) is 13.6. The molecule has 0 radical (unpaired) electrons. The average molecular weight is 77.8 g/mol. The molecule has 0 fully saturated rings. The van der Waals surface area contributed by atoms with Crippen LogP contribution in [-0.4, -0.2) is 13.3 Å². The maximum Gasteiger partial charge on any atom is 0.310 e. The summed E-state index contributed by atoms with van der Waals surface area (Å²) < 4.78 is 0. The van der Waals surface area contributed by atoms with Gasteiger partial charge < -0.3 is 0 Å². The molecule has 0 spiro atoms. The summed E-state index contributed by atoms with van der Waals surface area (Å²) >= 11 is 0. The maximum atomic E-state index is 7.22. The summed E-state index contributed by atoms with van der Waals surface area (Å²) in [5.41, 5.74) is 0. The van der Waals surface area contributed by atoms with Crippen molar-refractivity contribution in [2.24, 2.45) is 0 Å². The summed E-state index contributed by atoms with van der Waals surface area (Å²) in [7, 11) is 1.20. The second-order valence-corrected chi connectivity index (χ2v) is 0.309. The summed E-state index contributed by atoms with van der Waals surface area (Å²) in [6, 6.07) is 0. The fraction of sp³-hybridized carbons (Fsp3) is 0. The largest absolute Gasteiger partial charge is 0.310 e. The van der Waals surface area contributed by atoms with Crippen molar-refractivity contribution in [1.29, 1.82) is 0 Å². The van der Waals surface area contributed by atoms with Crippen molar-refractivity contribution in [1.82, 2.24) is 0 Å². The minimum absolute atomic E-state index is 1.20. The second-order valence-electron chi connectivity index (χ2n) is 0.309. The van der Waals surface area contributed by atoms with Gasteiger partial charge in [-0.1, -0.05) is 5.04 Å². The zero-order valence-electron chi connectivity index (χ0n) is 2.67. The van der Waals surface area contributed by atoms with Gasteiger partial charge in [0.2, 0.25) is 0 Å². The lowest BCUT2D eigenvalue weighted by molar-refractivity contribution is -0.595. The summed E-state index contributed by atoms with van der Waals surface area (Å²) in [6.07, 6.45) is 0. The van der Waals surface area contributed by atoms with Gasteiger partial charge in [-0.15, -0.1) is 0 Å². The van der Waals surface area contributed by atoms with Gasteiger partial charge in [0.15, 0.2) is 0 Å². The molecule has 0 aromatic rings. The van der Waals surface area contributed by atoms with Crippen LogP contribution in [0.25, 0.3) is 0 Å². The first kappa shape index (κ1) is 4.90. The Hall–Kier alpha value is -0.0951. The quantitative estimate of drug-likeness (QED) is 0.258. The number of hydrogen-bond acceptors (Lipinski definition) is 4. The first-order valence-corrected chi connectivity index (χ1v) is 0.924. The molecule has 0 saturated heterocycles. The Labute approximate surface area is 29.5 Å². The van der Waals surface area contributed by atoms with Gasteiger partial charge in [0.1, 0.15) is 0 Å². The minimum atomic E-state index is 1.20. The van der Waals surface area contributed by atoms with Crippen molar-refractivity contribution in [2.45, 2.75) is 0 Å². The molecule has 0 heterocycles. The highest BCUT2D eigenvalue weighted by molar-refractivity contribution is 5.97. The molecule has 5 heteroatoms. The zero-order chi connectivity index (χ0) is 4.12. The van der Waals surface area contributed by atoms with Crippen molar-refractivity contribution in [3.8, 4) is 0 Å². The van der Waals surface area contributed by atoms with Crippen molar-refractivity contribution in [3.05, 3.63) is 0 Å². The topological polar surface area (TPSA) is 47.9 Å². The van der Waals surface area contributed by atoms with Crippen molar-refractivity contribution in [3.63, 3.8) is 0 Å². The summed E-state index contributed by atoms with van der Waals surface area (Å²) in [5.74, 6) is 0. The van der Waals surface area contributed by atoms with Crippen LogP contribution < -0.4 is 0 Å². The molecule has 0 aromatic heterocycles. The Morgan fingerprint density at radius 3 is 2.20 bits per heavy atom. The van der Waals surface area contributed by atoms with E-state index < -0.39 is 0 Å². The van der Waals surface area contributed by atoms with Crippen LogP contribution in [0.5, 0.6) is 0 Å². The van der Waals surface area contributed by atoms with Gasteiger partial charge in [0.25, 0.3) is 0 Å². The van der Waals surface area contributed by atoms with Crippen molar-refractivity contribution >= 4 is 8.05 Å². The van der Waals surface area contributed by atoms with Crippen LogP contribution in [0.3, 0.4) is 0 Å². The molecule has 0 aliphatic heterocycles. The van der Waals surface area contributed by atoms with Crippen molar-refractivity contribution in [2.75, 3.05) is 0 Å². The molecule has 4 nitrogen and oxygen atoms in total. The lowest BCUT2D eigenvalue weighted by Gasteiger charge is -1.83. The van der Waals surface area contributed by atoms with Gasteiger partial charge in [-0.25, -0.2) is 5.26 Å². The molecule has 30 valence electrons. The molecule has 0 atom stereocenters. The van der Waals surface area contributed by atoms with E-state index in [-0.39, 0.29) is 0 Å². The van der Waals surface area contributed by atoms with Gasteiger partial charge >= 0.3 is 8.05 Å². The second kappa shape index (κ2) is 3.90. The SMILES string of the molecule is BOOOO. The molecule has 0 aliphatic carbocycles. The smallest absolute Gasteiger partial charge is 0.283 e. The van der Waals surface area contributed by atoms with E-state index >= 15 is 0 Å². The Balaban J connectivity index is 2.19. The molecule has 5 heavy (non-hydrogen) atoms. The average Bonchev–Trinajstić information content (AvgIpc) is 1.41. The van der Waals surface area contributed by atoms with Crippen molar-refractivity contribution < 1.29 is 20.1 Å². The molecular formula is H3BO4. The Bertz CT molecular complexity index is 11.1. The zero-order valence-corrected chi connectivity index (χ0v) is 2.67. The van der Waals surface area contributed by atoms with E-state index in [1.807, 2.05) is 0 Å². The van der Waals surface area contributed by atoms with Gasteiger partial charge in [-0.2, -0.15) is 0 Å². The van der Waals surface area contributed by atoms with Crippen LogP contribution in [-0.2, 0) is 14.9 Å². The van der Waals surface area contributed by atoms with E-state index in [0.29, 0.717) is 0 Å². The minimum Gasteiger partial charge on any atom is -0.283 e. The Morgan fingerprint density at radius 1 is 1.60 bits per heavy atom. The molecule has 0 aliphatic rings. The van der Waals surface area contributed by atoms with E-state index in [2.05, 4.69) is 14.9 Å². The molecule has 0 aromatic carbocycles. The molecule has 0 rings (SSSR count). The van der Waals surface area contributed by atoms with Gasteiger partial charge in [0, 0.05) is 0 Å². The van der Waals surface area contributed by atoms with Crippen LogP contribution in [0.1, 0.15) is 0 Å². The van der Waals surface area contributed by atoms with E-state index in [1.165, 1.54) is 8.05 Å². The van der Waals surface area contributed by atoms with E-state index in [1.54, 1.807) is 0 Å². The third-order valence-electron chi connectivity index (χ3n) is 0.0985. The summed E-state index contributed by atoms with van der Waals surface area (Å²) in [6.45, 7) is 0. The first-order valence-electron chi connectivity index (χ1n) is 0.924. The van der Waals surface area contributed by atoms with Crippen LogP contribution >= 0.6 is 0 Å². The maximum absolute atomic E-state index is 7.22. The molecule has 0 bridgehead atoms. The monoisotopic (exact) mass is 78.0 g/mol. The van der Waals surface area contributed by atoms with Gasteiger partial charge in [-0.3, -0.25) is 4.81 Å². The highest BCUT2D eigenvalue weighted by Crippen LogP contribution is 1.63. The normalized spacial score (nSPS) is 8.20. The molecule has 0 saturated carbocycles. The highest BCUT2D eigenvalue weighted by atomic mass is 17.6. The molecule has 0 amide bonds. The highest BCUT2D eigenvalue weighted by Gasteiger charge is 1.65. The molecular weight excluding hydrogens is 74.8 g/mol. The Kier molecular flexibility index (Phi) is 3.83. The van der Waals surface area contributed by atoms with Crippen LogP contribution in [0.2, 0.25) is 0 Å². The predicted octanol–water partition coefficient (Wildman–Crippen LogP) is -1.11. The van der Waals surface area contributed by atoms with E-state index in [0.717, 1.165) is 0 Å². The number of hydrogen-bond donors (Lipinski definition) is 1. The van der Waals surface area contributed by atoms with E-state index in [4.69, 9.17) is 5.26 Å². The van der Waals surface area contributed by atoms with Gasteiger partial charge in [0.05, 0.1) is 0 Å². The van der Waals surface area contributed by atoms with Crippen LogP contribution in [0.15, 0.2) is 0 Å². The lowest BCUT2D eigenvalue weighted by atomic mass is 10.6. The third kappa shape index (κ3) is 3.90. The standard InChI is InChI=1S/BH3O4/c1-3-5-4-2/h2H,1H2. The summed E-state index contributed by atoms with van der Waals surface area (Å²) in [4.78, 5) is 3.72. The first-order chi connectivity index (χ1) is 2.41. The van der Waals surface area contributed by atoms with Crippen LogP contribution in [0, 0.1) is 0 Å². The fourth-order valence-electron chi connectivity index (χ4n) is 0.0304. The lowest BCUT2D eigenvalue weighted by Crippen LogP contribution is -1.85. The molecule has 1 N–H and O–H groups in total. The third-order valence-corrected chi connectivity index (χ3v) is 0.0985. The van der Waals surface area contributed by atoms with Gasteiger partial charge in [-0.05, 0) is 5.04 Å². The van der Waals surface area contributed by atoms with Crippen LogP contribution in [0.4, 0.5) is 0 Å². The molecule has 0 unspecified atom stereocenters.